The summed E-state index contributed by atoms with van der Waals surface area (Å²) in [5.74, 6) is -0.126. The van der Waals surface area contributed by atoms with E-state index in [1.165, 1.54) is 12.8 Å². The minimum Gasteiger partial charge on any atom is -0.397 e. The van der Waals surface area contributed by atoms with Gasteiger partial charge in [-0.3, -0.25) is 4.79 Å². The standard InChI is InChI=1S/C15H23N3O2/c1-17-15(19)11-5-6-14(13(16)10-11)18-8-7-12-4-2-3-9-20-12/h5-6,10,12,18H,2-4,7-9,16H2,1H3,(H,17,19). The summed E-state index contributed by atoms with van der Waals surface area (Å²) in [4.78, 5) is 11.5. The summed E-state index contributed by atoms with van der Waals surface area (Å²) in [7, 11) is 1.61. The van der Waals surface area contributed by atoms with Crippen LogP contribution in [-0.4, -0.2) is 32.2 Å². The molecule has 5 heteroatoms. The lowest BCUT2D eigenvalue weighted by Gasteiger charge is -2.22. The highest BCUT2D eigenvalue weighted by atomic mass is 16.5. The fraction of sp³-hybridized carbons (Fsp3) is 0.533. The van der Waals surface area contributed by atoms with Gasteiger partial charge in [0.2, 0.25) is 0 Å². The van der Waals surface area contributed by atoms with Gasteiger partial charge < -0.3 is 21.1 Å². The maximum atomic E-state index is 11.5. The summed E-state index contributed by atoms with van der Waals surface area (Å²) in [6.07, 6.45) is 4.93. The van der Waals surface area contributed by atoms with Crippen molar-refractivity contribution in [2.24, 2.45) is 0 Å². The molecule has 1 saturated heterocycles. The first-order valence-corrected chi connectivity index (χ1v) is 7.18. The number of nitrogens with one attached hydrogen (secondary N) is 2. The van der Waals surface area contributed by atoms with E-state index in [1.807, 2.05) is 6.07 Å². The van der Waals surface area contributed by atoms with Gasteiger partial charge >= 0.3 is 0 Å². The Balaban J connectivity index is 1.84. The number of carbonyl (C=O) groups excluding carboxylic acids is 1. The third-order valence-corrected chi connectivity index (χ3v) is 3.60. The molecule has 1 aliphatic heterocycles. The van der Waals surface area contributed by atoms with E-state index in [1.54, 1.807) is 19.2 Å². The Bertz CT molecular complexity index is 456. The molecule has 1 aromatic rings. The second kappa shape index (κ2) is 7.14. The second-order valence-corrected chi connectivity index (χ2v) is 5.09. The predicted octanol–water partition coefficient (Wildman–Crippen LogP) is 2.00. The van der Waals surface area contributed by atoms with Crippen molar-refractivity contribution >= 4 is 17.3 Å². The molecule has 0 aromatic heterocycles. The molecule has 1 aliphatic rings. The highest BCUT2D eigenvalue weighted by molar-refractivity contribution is 5.95. The molecule has 1 aromatic carbocycles. The molecule has 1 atom stereocenters. The van der Waals surface area contributed by atoms with Crippen molar-refractivity contribution in [3.63, 3.8) is 0 Å². The normalized spacial score (nSPS) is 18.6. The summed E-state index contributed by atoms with van der Waals surface area (Å²) in [6, 6.07) is 5.31. The number of benzene rings is 1. The number of nitrogen functional groups attached to an aromatic ring is 1. The number of nitrogens with two attached hydrogens (primary N) is 1. The van der Waals surface area contributed by atoms with Gasteiger partial charge in [0.1, 0.15) is 0 Å². The van der Waals surface area contributed by atoms with Gasteiger partial charge in [-0.15, -0.1) is 0 Å². The van der Waals surface area contributed by atoms with Crippen molar-refractivity contribution in [3.05, 3.63) is 23.8 Å². The number of carbonyl (C=O) groups is 1. The number of amides is 1. The van der Waals surface area contributed by atoms with Crippen molar-refractivity contribution in [3.8, 4) is 0 Å². The Kier molecular flexibility index (Phi) is 5.24. The molecule has 0 bridgehead atoms. The lowest BCUT2D eigenvalue weighted by molar-refractivity contribution is 0.0134. The smallest absolute Gasteiger partial charge is 0.251 e. The average molecular weight is 277 g/mol. The first-order valence-electron chi connectivity index (χ1n) is 7.18. The fourth-order valence-electron chi connectivity index (χ4n) is 2.41. The number of hydrogen-bond donors (Lipinski definition) is 3. The van der Waals surface area contributed by atoms with E-state index in [4.69, 9.17) is 10.5 Å². The molecule has 4 N–H and O–H groups in total. The zero-order valence-corrected chi connectivity index (χ0v) is 11.9. The monoisotopic (exact) mass is 277 g/mol. The average Bonchev–Trinajstić information content (AvgIpc) is 2.49. The van der Waals surface area contributed by atoms with Crippen molar-refractivity contribution in [1.29, 1.82) is 0 Å². The van der Waals surface area contributed by atoms with Crippen LogP contribution in [0.2, 0.25) is 0 Å². The summed E-state index contributed by atoms with van der Waals surface area (Å²) in [5, 5.41) is 5.89. The third kappa shape index (κ3) is 3.87. The lowest BCUT2D eigenvalue weighted by atomic mass is 10.1. The van der Waals surface area contributed by atoms with Gasteiger partial charge in [-0.05, 0) is 43.9 Å². The van der Waals surface area contributed by atoms with E-state index >= 15 is 0 Å². The van der Waals surface area contributed by atoms with Crippen molar-refractivity contribution < 1.29 is 9.53 Å². The molecule has 1 amide bonds. The van der Waals surface area contributed by atoms with Gasteiger partial charge in [-0.25, -0.2) is 0 Å². The largest absolute Gasteiger partial charge is 0.397 e. The van der Waals surface area contributed by atoms with Gasteiger partial charge in [0.05, 0.1) is 17.5 Å². The van der Waals surface area contributed by atoms with Crippen LogP contribution in [0.25, 0.3) is 0 Å². The predicted molar refractivity (Wildman–Crippen MR) is 80.9 cm³/mol. The van der Waals surface area contributed by atoms with Crippen molar-refractivity contribution in [2.75, 3.05) is 31.2 Å². The zero-order chi connectivity index (χ0) is 14.4. The van der Waals surface area contributed by atoms with Crippen molar-refractivity contribution in [1.82, 2.24) is 5.32 Å². The first-order chi connectivity index (χ1) is 9.70. The molecule has 0 saturated carbocycles. The number of anilines is 2. The molecular formula is C15H23N3O2. The minimum absolute atomic E-state index is 0.126. The Morgan fingerprint density at radius 1 is 1.45 bits per heavy atom. The van der Waals surface area contributed by atoms with Gasteiger partial charge in [-0.1, -0.05) is 0 Å². The van der Waals surface area contributed by atoms with Gasteiger partial charge in [0.25, 0.3) is 5.91 Å². The van der Waals surface area contributed by atoms with Crippen LogP contribution >= 0.6 is 0 Å². The number of rotatable bonds is 5. The van der Waals surface area contributed by atoms with E-state index < -0.39 is 0 Å². The molecule has 5 nitrogen and oxygen atoms in total. The van der Waals surface area contributed by atoms with Crippen LogP contribution in [0.15, 0.2) is 18.2 Å². The Morgan fingerprint density at radius 3 is 2.95 bits per heavy atom. The molecule has 2 rings (SSSR count). The zero-order valence-electron chi connectivity index (χ0n) is 11.9. The Morgan fingerprint density at radius 2 is 2.30 bits per heavy atom. The second-order valence-electron chi connectivity index (χ2n) is 5.09. The van der Waals surface area contributed by atoms with Crippen molar-refractivity contribution in [2.45, 2.75) is 31.8 Å². The van der Waals surface area contributed by atoms with Crippen LogP contribution in [-0.2, 0) is 4.74 Å². The van der Waals surface area contributed by atoms with Crippen LogP contribution in [0.3, 0.4) is 0 Å². The van der Waals surface area contributed by atoms with Crippen LogP contribution < -0.4 is 16.4 Å². The van der Waals surface area contributed by atoms with Gasteiger partial charge in [0, 0.05) is 25.8 Å². The molecule has 20 heavy (non-hydrogen) atoms. The maximum Gasteiger partial charge on any atom is 0.251 e. The van der Waals surface area contributed by atoms with Crippen LogP contribution in [0.4, 0.5) is 11.4 Å². The number of ether oxygens (including phenoxy) is 1. The molecule has 0 radical (unpaired) electrons. The highest BCUT2D eigenvalue weighted by Gasteiger charge is 2.13. The molecular weight excluding hydrogens is 254 g/mol. The van der Waals surface area contributed by atoms with Crippen LogP contribution in [0, 0.1) is 0 Å². The molecule has 0 aliphatic carbocycles. The maximum absolute atomic E-state index is 11.5. The van der Waals surface area contributed by atoms with E-state index in [0.29, 0.717) is 17.4 Å². The molecule has 0 spiro atoms. The first kappa shape index (κ1) is 14.7. The van der Waals surface area contributed by atoms with Gasteiger partial charge in [-0.2, -0.15) is 0 Å². The lowest BCUT2D eigenvalue weighted by Crippen LogP contribution is -2.22. The topological polar surface area (TPSA) is 76.4 Å². The Hall–Kier alpha value is -1.75. The summed E-state index contributed by atoms with van der Waals surface area (Å²) >= 11 is 0. The molecule has 1 heterocycles. The Labute approximate surface area is 119 Å². The SMILES string of the molecule is CNC(=O)c1ccc(NCCC2CCCCO2)c(N)c1. The van der Waals surface area contributed by atoms with E-state index in [2.05, 4.69) is 10.6 Å². The highest BCUT2D eigenvalue weighted by Crippen LogP contribution is 2.21. The van der Waals surface area contributed by atoms with Crippen LogP contribution in [0.1, 0.15) is 36.0 Å². The van der Waals surface area contributed by atoms with E-state index in [0.717, 1.165) is 31.7 Å². The third-order valence-electron chi connectivity index (χ3n) is 3.60. The van der Waals surface area contributed by atoms with Gasteiger partial charge in [0.15, 0.2) is 0 Å². The quantitative estimate of drug-likeness (QED) is 0.719. The fourth-order valence-corrected chi connectivity index (χ4v) is 2.41. The van der Waals surface area contributed by atoms with E-state index in [-0.39, 0.29) is 5.91 Å². The minimum atomic E-state index is -0.126. The summed E-state index contributed by atoms with van der Waals surface area (Å²) in [5.41, 5.74) is 8.00. The summed E-state index contributed by atoms with van der Waals surface area (Å²) in [6.45, 7) is 1.71. The molecule has 1 fully saturated rings. The molecule has 1 unspecified atom stereocenters. The molecule has 110 valence electrons. The number of hydrogen-bond acceptors (Lipinski definition) is 4. The van der Waals surface area contributed by atoms with E-state index in [9.17, 15) is 4.79 Å². The van der Waals surface area contributed by atoms with Crippen LogP contribution in [0.5, 0.6) is 0 Å². The summed E-state index contributed by atoms with van der Waals surface area (Å²) < 4.78 is 5.69.